The zero-order valence-corrected chi connectivity index (χ0v) is 17.2. The van der Waals surface area contributed by atoms with Crippen molar-refractivity contribution in [2.24, 2.45) is 5.41 Å². The molecule has 1 aliphatic carbocycles. The van der Waals surface area contributed by atoms with Crippen LogP contribution >= 0.6 is 0 Å². The molecule has 9 nitrogen and oxygen atoms in total. The first-order valence-corrected chi connectivity index (χ1v) is 9.81. The van der Waals surface area contributed by atoms with Crippen molar-refractivity contribution in [3.63, 3.8) is 0 Å². The first-order chi connectivity index (χ1) is 13.2. The van der Waals surface area contributed by atoms with Crippen LogP contribution in [-0.2, 0) is 28.5 Å². The molecule has 9 heteroatoms. The summed E-state index contributed by atoms with van der Waals surface area (Å²) in [5.41, 5.74) is -0.467. The Bertz CT molecular complexity index is 524. The summed E-state index contributed by atoms with van der Waals surface area (Å²) in [4.78, 5) is 35.5. The molecule has 1 rings (SSSR count). The predicted molar refractivity (Wildman–Crippen MR) is 99.5 cm³/mol. The van der Waals surface area contributed by atoms with Crippen LogP contribution in [-0.4, -0.2) is 55.0 Å². The largest absolute Gasteiger partial charge is 0.481 e. The Morgan fingerprint density at radius 1 is 1.07 bits per heavy atom. The molecule has 2 N–H and O–H groups in total. The summed E-state index contributed by atoms with van der Waals surface area (Å²) >= 11 is 0. The zero-order valence-electron chi connectivity index (χ0n) is 17.2. The lowest BCUT2D eigenvalue weighted by molar-refractivity contribution is -0.249. The van der Waals surface area contributed by atoms with Crippen LogP contribution < -0.4 is 5.32 Å². The highest BCUT2D eigenvalue weighted by atomic mass is 16.8. The topological polar surface area (TPSA) is 120 Å². The molecule has 1 aliphatic rings. The number of carbonyl (C=O) groups is 3. The average Bonchev–Trinajstić information content (AvgIpc) is 2.60. The van der Waals surface area contributed by atoms with Crippen molar-refractivity contribution in [2.75, 3.05) is 19.8 Å². The monoisotopic (exact) mass is 403 g/mol. The molecular formula is C19H33NO8. The van der Waals surface area contributed by atoms with Gasteiger partial charge in [0.25, 0.3) is 5.79 Å². The summed E-state index contributed by atoms with van der Waals surface area (Å²) < 4.78 is 20.8. The first-order valence-electron chi connectivity index (χ1n) is 9.81. The second-order valence-corrected chi connectivity index (χ2v) is 7.17. The number of carboxylic acid groups (broad SMARTS) is 1. The van der Waals surface area contributed by atoms with E-state index in [9.17, 15) is 19.5 Å². The van der Waals surface area contributed by atoms with Crippen molar-refractivity contribution >= 4 is 18.0 Å². The lowest BCUT2D eigenvalue weighted by atomic mass is 9.72. The number of amides is 1. The van der Waals surface area contributed by atoms with Crippen LogP contribution in [0.4, 0.5) is 4.79 Å². The van der Waals surface area contributed by atoms with E-state index in [-0.39, 0.29) is 26.2 Å². The number of aliphatic carboxylic acids is 1. The van der Waals surface area contributed by atoms with Gasteiger partial charge in [-0.1, -0.05) is 19.3 Å². The molecule has 0 heterocycles. The van der Waals surface area contributed by atoms with Crippen molar-refractivity contribution in [3.05, 3.63) is 0 Å². The summed E-state index contributed by atoms with van der Waals surface area (Å²) in [6, 6.07) is 0. The second kappa shape index (κ2) is 11.2. The van der Waals surface area contributed by atoms with Gasteiger partial charge in [-0.3, -0.25) is 4.79 Å². The number of carboxylic acids is 1. The van der Waals surface area contributed by atoms with Crippen molar-refractivity contribution in [3.8, 4) is 0 Å². The quantitative estimate of drug-likeness (QED) is 0.399. The maximum atomic E-state index is 12.3. The molecule has 28 heavy (non-hydrogen) atoms. The van der Waals surface area contributed by atoms with Crippen molar-refractivity contribution < 1.29 is 38.4 Å². The zero-order chi connectivity index (χ0) is 21.2. The molecule has 1 saturated carbocycles. The van der Waals surface area contributed by atoms with E-state index >= 15 is 0 Å². The highest BCUT2D eigenvalue weighted by Gasteiger charge is 2.39. The standard InChI is InChI=1S/C19H33NO8/c1-5-25-18(4,26-6-2)16(23)27-14(3)28-17(24)20-13-19(12-15(21)22)10-8-7-9-11-19/h14H,5-13H2,1-4H3,(H,20,24)(H,21,22). The maximum Gasteiger partial charge on any atom is 0.410 e. The Morgan fingerprint density at radius 2 is 1.64 bits per heavy atom. The summed E-state index contributed by atoms with van der Waals surface area (Å²) in [6.07, 6.45) is 2.49. The number of carbonyl (C=O) groups excluding carboxylic acids is 2. The summed E-state index contributed by atoms with van der Waals surface area (Å²) in [6.45, 7) is 6.97. The fourth-order valence-electron chi connectivity index (χ4n) is 3.48. The summed E-state index contributed by atoms with van der Waals surface area (Å²) in [7, 11) is 0. The van der Waals surface area contributed by atoms with Gasteiger partial charge in [0, 0.05) is 33.6 Å². The van der Waals surface area contributed by atoms with Gasteiger partial charge in [-0.25, -0.2) is 9.59 Å². The SMILES string of the molecule is CCOC(C)(OCC)C(=O)OC(C)OC(=O)NCC1(CC(=O)O)CCCCC1. The van der Waals surface area contributed by atoms with E-state index in [0.29, 0.717) is 0 Å². The lowest BCUT2D eigenvalue weighted by Gasteiger charge is -2.36. The number of hydrogen-bond acceptors (Lipinski definition) is 7. The van der Waals surface area contributed by atoms with Crippen LogP contribution in [0.2, 0.25) is 0 Å². The van der Waals surface area contributed by atoms with E-state index < -0.39 is 35.5 Å². The molecule has 1 amide bonds. The summed E-state index contributed by atoms with van der Waals surface area (Å²) in [5, 5.41) is 11.8. The Hall–Kier alpha value is -1.87. The van der Waals surface area contributed by atoms with E-state index in [1.165, 1.54) is 13.8 Å². The van der Waals surface area contributed by atoms with E-state index in [4.69, 9.17) is 18.9 Å². The number of hydrogen-bond donors (Lipinski definition) is 2. The van der Waals surface area contributed by atoms with Crippen molar-refractivity contribution in [1.29, 1.82) is 0 Å². The van der Waals surface area contributed by atoms with Crippen LogP contribution in [0.25, 0.3) is 0 Å². The van der Waals surface area contributed by atoms with Gasteiger partial charge in [-0.2, -0.15) is 0 Å². The maximum absolute atomic E-state index is 12.3. The molecule has 0 radical (unpaired) electrons. The molecule has 0 aromatic rings. The van der Waals surface area contributed by atoms with Crippen molar-refractivity contribution in [1.82, 2.24) is 5.32 Å². The number of esters is 1. The van der Waals surface area contributed by atoms with Gasteiger partial charge in [-0.15, -0.1) is 0 Å². The van der Waals surface area contributed by atoms with Crippen LogP contribution in [0.15, 0.2) is 0 Å². The molecule has 0 aromatic heterocycles. The molecule has 162 valence electrons. The molecule has 0 saturated heterocycles. The average molecular weight is 403 g/mol. The third kappa shape index (κ3) is 7.63. The summed E-state index contributed by atoms with van der Waals surface area (Å²) in [5.74, 6) is -3.26. The number of rotatable bonds is 11. The van der Waals surface area contributed by atoms with Gasteiger partial charge in [0.15, 0.2) is 0 Å². The Kier molecular flexibility index (Phi) is 9.68. The highest BCUT2D eigenvalue weighted by molar-refractivity contribution is 5.77. The predicted octanol–water partition coefficient (Wildman–Crippen LogP) is 2.82. The van der Waals surface area contributed by atoms with Gasteiger partial charge >= 0.3 is 18.0 Å². The number of nitrogens with one attached hydrogen (secondary N) is 1. The van der Waals surface area contributed by atoms with E-state index in [1.54, 1.807) is 13.8 Å². The third-order valence-corrected chi connectivity index (χ3v) is 4.80. The van der Waals surface area contributed by atoms with Gasteiger partial charge < -0.3 is 29.4 Å². The third-order valence-electron chi connectivity index (χ3n) is 4.80. The molecular weight excluding hydrogens is 370 g/mol. The minimum absolute atomic E-state index is 0.00110. The van der Waals surface area contributed by atoms with Crippen LogP contribution in [0, 0.1) is 5.41 Å². The van der Waals surface area contributed by atoms with E-state index in [0.717, 1.165) is 32.1 Å². The Morgan fingerprint density at radius 3 is 2.14 bits per heavy atom. The van der Waals surface area contributed by atoms with Crippen LogP contribution in [0.3, 0.4) is 0 Å². The molecule has 1 unspecified atom stereocenters. The van der Waals surface area contributed by atoms with Crippen LogP contribution in [0.1, 0.15) is 66.2 Å². The molecule has 0 aromatic carbocycles. The molecule has 0 spiro atoms. The highest BCUT2D eigenvalue weighted by Crippen LogP contribution is 2.38. The van der Waals surface area contributed by atoms with Gasteiger partial charge in [-0.05, 0) is 32.1 Å². The normalized spacial score (nSPS) is 17.4. The van der Waals surface area contributed by atoms with E-state index in [2.05, 4.69) is 5.32 Å². The lowest BCUT2D eigenvalue weighted by Crippen LogP contribution is -2.45. The molecule has 0 bridgehead atoms. The fourth-order valence-corrected chi connectivity index (χ4v) is 3.48. The minimum atomic E-state index is -1.58. The molecule has 1 atom stereocenters. The van der Waals surface area contributed by atoms with Gasteiger partial charge in [0.1, 0.15) is 0 Å². The van der Waals surface area contributed by atoms with Gasteiger partial charge in [0.2, 0.25) is 6.29 Å². The Labute approximate surface area is 166 Å². The number of alkyl carbamates (subject to hydrolysis) is 1. The smallest absolute Gasteiger partial charge is 0.410 e. The second-order valence-electron chi connectivity index (χ2n) is 7.17. The number of ether oxygens (including phenoxy) is 4. The van der Waals surface area contributed by atoms with E-state index in [1.807, 2.05) is 0 Å². The van der Waals surface area contributed by atoms with Crippen molar-refractivity contribution in [2.45, 2.75) is 78.3 Å². The fraction of sp³-hybridized carbons (Fsp3) is 0.842. The van der Waals surface area contributed by atoms with Gasteiger partial charge in [0.05, 0.1) is 6.42 Å². The minimum Gasteiger partial charge on any atom is -0.481 e. The van der Waals surface area contributed by atoms with Crippen LogP contribution in [0.5, 0.6) is 0 Å². The first kappa shape index (κ1) is 24.2. The molecule has 0 aliphatic heterocycles. The molecule has 1 fully saturated rings. The Balaban J connectivity index is 2.54.